The quantitative estimate of drug-likeness (QED) is 0.419. The number of aryl methyl sites for hydroxylation is 2. The molecule has 2 rings (SSSR count). The lowest BCUT2D eigenvalue weighted by atomic mass is 10.3. The summed E-state index contributed by atoms with van der Waals surface area (Å²) in [6.07, 6.45) is 5.92. The van der Waals surface area contributed by atoms with Crippen molar-refractivity contribution in [1.82, 2.24) is 4.57 Å². The molecule has 1 aromatic heterocycles. The van der Waals surface area contributed by atoms with Gasteiger partial charge in [-0.2, -0.15) is 0 Å². The highest BCUT2D eigenvalue weighted by Gasteiger charge is 2.21. The van der Waals surface area contributed by atoms with Gasteiger partial charge >= 0.3 is 0 Å². The SMILES string of the molecule is CC(=O)Nc1cccc(N(O)S(=O)(=O)CCCn2cc[n+](C)c2)c1.[Cl-]. The van der Waals surface area contributed by atoms with Crippen LogP contribution in [-0.4, -0.2) is 29.9 Å². The molecule has 0 bridgehead atoms. The Morgan fingerprint density at radius 1 is 1.40 bits per heavy atom. The molecule has 0 radical (unpaired) electrons. The summed E-state index contributed by atoms with van der Waals surface area (Å²) in [6, 6.07) is 6.01. The molecule has 2 aromatic rings. The number of imidazole rings is 1. The normalized spacial score (nSPS) is 10.8. The van der Waals surface area contributed by atoms with Gasteiger partial charge in [0.15, 0.2) is 0 Å². The van der Waals surface area contributed by atoms with Crippen molar-refractivity contribution >= 4 is 27.3 Å². The first-order chi connectivity index (χ1) is 11.3. The van der Waals surface area contributed by atoms with E-state index in [9.17, 15) is 18.4 Å². The molecule has 1 amide bonds. The first-order valence-corrected chi connectivity index (χ1v) is 8.99. The maximum Gasteiger partial charge on any atom is 0.257 e. The first-order valence-electron chi connectivity index (χ1n) is 7.38. The molecule has 0 unspecified atom stereocenters. The van der Waals surface area contributed by atoms with Gasteiger partial charge in [0.2, 0.25) is 12.2 Å². The van der Waals surface area contributed by atoms with Crippen molar-refractivity contribution in [1.29, 1.82) is 0 Å². The fourth-order valence-electron chi connectivity index (χ4n) is 2.22. The third kappa shape index (κ3) is 6.04. The van der Waals surface area contributed by atoms with E-state index >= 15 is 0 Å². The summed E-state index contributed by atoms with van der Waals surface area (Å²) < 4.78 is 28.5. The van der Waals surface area contributed by atoms with Crippen LogP contribution in [-0.2, 0) is 28.4 Å². The number of carbonyl (C=O) groups excluding carboxylic acids is 1. The smallest absolute Gasteiger partial charge is 0.257 e. The van der Waals surface area contributed by atoms with E-state index in [0.29, 0.717) is 18.7 Å². The highest BCUT2D eigenvalue weighted by atomic mass is 35.5. The Labute approximate surface area is 153 Å². The third-order valence-electron chi connectivity index (χ3n) is 3.29. The van der Waals surface area contributed by atoms with Gasteiger partial charge in [-0.15, -0.1) is 4.47 Å². The fourth-order valence-corrected chi connectivity index (χ4v) is 3.32. The fraction of sp³-hybridized carbons (Fsp3) is 0.333. The highest BCUT2D eigenvalue weighted by molar-refractivity contribution is 7.92. The molecule has 1 aromatic carbocycles. The van der Waals surface area contributed by atoms with Gasteiger partial charge in [0.1, 0.15) is 12.4 Å². The second-order valence-corrected chi connectivity index (χ2v) is 7.38. The van der Waals surface area contributed by atoms with Crippen LogP contribution in [0.15, 0.2) is 43.0 Å². The van der Waals surface area contributed by atoms with E-state index in [-0.39, 0.29) is 34.2 Å². The zero-order valence-electron chi connectivity index (χ0n) is 14.0. The predicted molar refractivity (Wildman–Crippen MR) is 89.0 cm³/mol. The average molecular weight is 389 g/mol. The molecule has 0 aliphatic rings. The summed E-state index contributed by atoms with van der Waals surface area (Å²) in [5.74, 6) is -0.477. The number of nitrogens with zero attached hydrogens (tertiary/aromatic N) is 3. The molecular formula is C15H21ClN4O4S. The van der Waals surface area contributed by atoms with Gasteiger partial charge in [-0.05, 0) is 18.2 Å². The molecular weight excluding hydrogens is 368 g/mol. The Balaban J connectivity index is 0.00000312. The third-order valence-corrected chi connectivity index (χ3v) is 4.84. The number of halogens is 1. The van der Waals surface area contributed by atoms with Gasteiger partial charge in [-0.3, -0.25) is 10.0 Å². The number of anilines is 2. The minimum Gasteiger partial charge on any atom is -1.00 e. The second-order valence-electron chi connectivity index (χ2n) is 5.46. The van der Waals surface area contributed by atoms with E-state index in [2.05, 4.69) is 5.32 Å². The molecule has 8 nitrogen and oxygen atoms in total. The van der Waals surface area contributed by atoms with Crippen LogP contribution < -0.4 is 26.8 Å². The van der Waals surface area contributed by atoms with Crippen LogP contribution in [0.25, 0.3) is 0 Å². The number of aromatic nitrogens is 2. The van der Waals surface area contributed by atoms with Gasteiger partial charge in [0.25, 0.3) is 10.0 Å². The van der Waals surface area contributed by atoms with E-state index in [4.69, 9.17) is 0 Å². The molecule has 0 saturated heterocycles. The molecule has 1 heterocycles. The van der Waals surface area contributed by atoms with E-state index < -0.39 is 10.0 Å². The van der Waals surface area contributed by atoms with E-state index in [1.807, 2.05) is 34.9 Å². The predicted octanol–water partition coefficient (Wildman–Crippen LogP) is -2.11. The van der Waals surface area contributed by atoms with Crippen molar-refractivity contribution in [3.8, 4) is 0 Å². The van der Waals surface area contributed by atoms with Crippen molar-refractivity contribution in [2.24, 2.45) is 7.05 Å². The van der Waals surface area contributed by atoms with Crippen molar-refractivity contribution in [3.63, 3.8) is 0 Å². The summed E-state index contributed by atoms with van der Waals surface area (Å²) in [6.45, 7) is 1.88. The lowest BCUT2D eigenvalue weighted by molar-refractivity contribution is -0.671. The van der Waals surface area contributed by atoms with Crippen LogP contribution in [0, 0.1) is 0 Å². The Morgan fingerprint density at radius 2 is 2.12 bits per heavy atom. The van der Waals surface area contributed by atoms with Gasteiger partial charge in [0.05, 0.1) is 25.0 Å². The highest BCUT2D eigenvalue weighted by Crippen LogP contribution is 2.21. The van der Waals surface area contributed by atoms with Crippen LogP contribution in [0.4, 0.5) is 11.4 Å². The van der Waals surface area contributed by atoms with Crippen LogP contribution in [0.5, 0.6) is 0 Å². The van der Waals surface area contributed by atoms with E-state index in [0.717, 1.165) is 0 Å². The Kier molecular flexibility index (Phi) is 7.40. The molecule has 0 aliphatic heterocycles. The van der Waals surface area contributed by atoms with Gasteiger partial charge in [-0.25, -0.2) is 17.6 Å². The minimum atomic E-state index is -3.87. The number of nitrogens with one attached hydrogen (secondary N) is 1. The summed E-state index contributed by atoms with van der Waals surface area (Å²) in [4.78, 5) is 11.1. The molecule has 0 aliphatic carbocycles. The molecule has 0 fully saturated rings. The zero-order chi connectivity index (χ0) is 17.7. The number of amides is 1. The average Bonchev–Trinajstić information content (AvgIpc) is 2.91. The maximum atomic E-state index is 12.2. The molecule has 138 valence electrons. The van der Waals surface area contributed by atoms with Crippen LogP contribution >= 0.6 is 0 Å². The summed E-state index contributed by atoms with van der Waals surface area (Å²) in [5, 5.41) is 12.6. The summed E-state index contributed by atoms with van der Waals surface area (Å²) in [7, 11) is -1.99. The van der Waals surface area contributed by atoms with Crippen molar-refractivity contribution in [2.75, 3.05) is 15.5 Å². The number of hydrogen-bond acceptors (Lipinski definition) is 4. The number of rotatable bonds is 7. The maximum absolute atomic E-state index is 12.2. The van der Waals surface area contributed by atoms with Gasteiger partial charge in [0, 0.05) is 19.0 Å². The molecule has 2 N–H and O–H groups in total. The molecule has 25 heavy (non-hydrogen) atoms. The molecule has 0 atom stereocenters. The lowest BCUT2D eigenvalue weighted by Gasteiger charge is -2.17. The Morgan fingerprint density at radius 3 is 2.72 bits per heavy atom. The number of sulfonamides is 1. The summed E-state index contributed by atoms with van der Waals surface area (Å²) >= 11 is 0. The molecule has 10 heteroatoms. The first kappa shape index (κ1) is 20.9. The van der Waals surface area contributed by atoms with Crippen molar-refractivity contribution in [2.45, 2.75) is 19.9 Å². The monoisotopic (exact) mass is 388 g/mol. The number of hydrogen-bond donors (Lipinski definition) is 2. The van der Waals surface area contributed by atoms with Crippen molar-refractivity contribution in [3.05, 3.63) is 43.0 Å². The number of benzene rings is 1. The molecule has 0 spiro atoms. The van der Waals surface area contributed by atoms with Crippen molar-refractivity contribution < 1.29 is 35.4 Å². The van der Waals surface area contributed by atoms with Crippen LogP contribution in [0.2, 0.25) is 0 Å². The van der Waals surface area contributed by atoms with Crippen LogP contribution in [0.1, 0.15) is 13.3 Å². The minimum absolute atomic E-state index is 0. The standard InChI is InChI=1S/C15H20N4O4S.ClH/c1-13(20)16-14-5-3-6-15(11-14)19(21)24(22,23)10-4-7-18-9-8-17(2)12-18;/h3,5-6,8-9,11-12,21H,4,7,10H2,1-2H3;1H. The topological polar surface area (TPSA) is 95.5 Å². The Bertz CT molecular complexity index is 822. The second kappa shape index (κ2) is 8.84. The van der Waals surface area contributed by atoms with E-state index in [1.54, 1.807) is 12.1 Å². The Hall–Kier alpha value is -2.10. The van der Waals surface area contributed by atoms with Gasteiger partial charge in [-0.1, -0.05) is 6.07 Å². The number of carbonyl (C=O) groups is 1. The largest absolute Gasteiger partial charge is 1.00 e. The van der Waals surface area contributed by atoms with Crippen LogP contribution in [0.3, 0.4) is 0 Å². The van der Waals surface area contributed by atoms with E-state index in [1.165, 1.54) is 19.1 Å². The molecule has 0 saturated carbocycles. The lowest BCUT2D eigenvalue weighted by Crippen LogP contribution is -3.00. The summed E-state index contributed by atoms with van der Waals surface area (Å²) in [5.41, 5.74) is 0.489. The zero-order valence-corrected chi connectivity index (χ0v) is 15.5. The van der Waals surface area contributed by atoms with Gasteiger partial charge < -0.3 is 17.7 Å².